The summed E-state index contributed by atoms with van der Waals surface area (Å²) in [5.74, 6) is -0.470. The first kappa shape index (κ1) is 17.3. The Balaban J connectivity index is 2.81. The van der Waals surface area contributed by atoms with E-state index in [1.807, 2.05) is 0 Å². The number of nitrogen functional groups attached to an aromatic ring is 1. The third-order valence-electron chi connectivity index (χ3n) is 2.44. The number of carbonyl (C=O) groups excluding carboxylic acids is 1. The average molecular weight is 316 g/mol. The van der Waals surface area contributed by atoms with Gasteiger partial charge < -0.3 is 21.1 Å². The summed E-state index contributed by atoms with van der Waals surface area (Å²) in [5, 5.41) is 12.3. The van der Waals surface area contributed by atoms with Crippen LogP contribution >= 0.6 is 0 Å². The van der Waals surface area contributed by atoms with Crippen molar-refractivity contribution in [3.63, 3.8) is 0 Å². The second-order valence-corrected chi connectivity index (χ2v) is 4.25. The molecule has 22 heavy (non-hydrogen) atoms. The Morgan fingerprint density at radius 3 is 2.55 bits per heavy atom. The molecule has 0 fully saturated rings. The van der Waals surface area contributed by atoms with E-state index in [-0.39, 0.29) is 17.3 Å². The number of rotatable bonds is 3. The highest BCUT2D eigenvalue weighted by Crippen LogP contribution is 2.33. The number of urea groups is 1. The number of benzene rings is 1. The molecule has 1 aromatic carbocycles. The fourth-order valence-electron chi connectivity index (χ4n) is 1.44. The summed E-state index contributed by atoms with van der Waals surface area (Å²) in [6, 6.07) is 2.08. The van der Waals surface area contributed by atoms with Gasteiger partial charge >= 0.3 is 12.2 Å². The largest absolute Gasteiger partial charge is 0.437 e. The molecule has 9 heteroatoms. The lowest BCUT2D eigenvalue weighted by molar-refractivity contribution is -0.137. The van der Waals surface area contributed by atoms with E-state index in [0.29, 0.717) is 5.70 Å². The van der Waals surface area contributed by atoms with Gasteiger partial charge in [0.25, 0.3) is 0 Å². The summed E-state index contributed by atoms with van der Waals surface area (Å²) in [4.78, 5) is 11.0. The van der Waals surface area contributed by atoms with Crippen molar-refractivity contribution < 1.29 is 22.7 Å². The molecule has 0 aliphatic rings. The number of hydrogen-bond acceptors (Lipinski definition) is 4. The highest BCUT2D eigenvalue weighted by atomic mass is 19.4. The van der Waals surface area contributed by atoms with Crippen LogP contribution in [0.15, 0.2) is 30.0 Å². The van der Waals surface area contributed by atoms with Crippen molar-refractivity contribution in [3.8, 4) is 5.75 Å². The second-order valence-electron chi connectivity index (χ2n) is 4.25. The molecule has 0 saturated heterocycles. The topological polar surface area (TPSA) is 100 Å². The van der Waals surface area contributed by atoms with Crippen LogP contribution in [0.25, 0.3) is 0 Å². The molecule has 0 unspecified atom stereocenters. The molecule has 6 nitrogen and oxygen atoms in total. The fraction of sp³-hybridized carbons (Fsp3) is 0.231. The Hall–Kier alpha value is -2.71. The Bertz CT molecular complexity index is 612. The predicted molar refractivity (Wildman–Crippen MR) is 75.6 cm³/mol. The zero-order valence-corrected chi connectivity index (χ0v) is 11.8. The molecule has 1 rings (SSSR count). The van der Waals surface area contributed by atoms with E-state index in [1.54, 1.807) is 0 Å². The first-order chi connectivity index (χ1) is 10.1. The number of allylic oxidation sites excluding steroid dienone is 1. The van der Waals surface area contributed by atoms with Gasteiger partial charge in [0.1, 0.15) is 0 Å². The van der Waals surface area contributed by atoms with Crippen molar-refractivity contribution in [2.45, 2.75) is 13.1 Å². The molecule has 0 aliphatic heterocycles. The maximum atomic E-state index is 12.5. The first-order valence-electron chi connectivity index (χ1n) is 6.03. The van der Waals surface area contributed by atoms with Crippen molar-refractivity contribution in [1.82, 2.24) is 10.6 Å². The highest BCUT2D eigenvalue weighted by Gasteiger charge is 2.31. The Labute approximate surface area is 124 Å². The monoisotopic (exact) mass is 316 g/mol. The lowest BCUT2D eigenvalue weighted by atomic mass is 10.2. The van der Waals surface area contributed by atoms with Crippen LogP contribution in [0.2, 0.25) is 0 Å². The van der Waals surface area contributed by atoms with Gasteiger partial charge in [0.15, 0.2) is 5.75 Å². The molecule has 0 aromatic heterocycles. The number of carbonyl (C=O) groups is 1. The van der Waals surface area contributed by atoms with E-state index >= 15 is 0 Å². The van der Waals surface area contributed by atoms with Gasteiger partial charge in [-0.1, -0.05) is 0 Å². The SMILES string of the molecule is CNC(=O)N/C(C)=C\C(=N)Oc1ccc(C(F)(F)F)cc1N. The number of anilines is 1. The third-order valence-corrected chi connectivity index (χ3v) is 2.44. The van der Waals surface area contributed by atoms with Gasteiger partial charge in [-0.25, -0.2) is 4.79 Å². The zero-order chi connectivity index (χ0) is 16.9. The van der Waals surface area contributed by atoms with Gasteiger partial charge in [-0.15, -0.1) is 0 Å². The quantitative estimate of drug-likeness (QED) is 0.391. The summed E-state index contributed by atoms with van der Waals surface area (Å²) < 4.78 is 42.5. The molecule has 2 amide bonds. The lowest BCUT2D eigenvalue weighted by Gasteiger charge is -2.11. The molecule has 0 spiro atoms. The van der Waals surface area contributed by atoms with Crippen molar-refractivity contribution in [2.75, 3.05) is 12.8 Å². The van der Waals surface area contributed by atoms with Crippen LogP contribution < -0.4 is 21.1 Å². The van der Waals surface area contributed by atoms with E-state index in [9.17, 15) is 18.0 Å². The number of nitrogens with one attached hydrogen (secondary N) is 3. The Morgan fingerprint density at radius 2 is 2.05 bits per heavy atom. The van der Waals surface area contributed by atoms with E-state index in [2.05, 4.69) is 10.6 Å². The standard InChI is InChI=1S/C13H15F3N4O2/c1-7(20-12(21)19-2)5-11(18)22-10-4-3-8(6-9(10)17)13(14,15)16/h3-6,18H,17H2,1-2H3,(H2,19,20,21)/b7-5-,18-11?. The van der Waals surface area contributed by atoms with Gasteiger partial charge in [-0.3, -0.25) is 5.41 Å². The number of alkyl halides is 3. The van der Waals surface area contributed by atoms with Crippen molar-refractivity contribution in [1.29, 1.82) is 5.41 Å². The Morgan fingerprint density at radius 1 is 1.41 bits per heavy atom. The fourth-order valence-corrected chi connectivity index (χ4v) is 1.44. The molecule has 0 bridgehead atoms. The molecule has 0 atom stereocenters. The van der Waals surface area contributed by atoms with Crippen molar-refractivity contribution in [3.05, 3.63) is 35.5 Å². The van der Waals surface area contributed by atoms with Crippen LogP contribution in [-0.4, -0.2) is 19.0 Å². The van der Waals surface area contributed by atoms with Crippen LogP contribution in [0, 0.1) is 5.41 Å². The first-order valence-corrected chi connectivity index (χ1v) is 6.03. The second kappa shape index (κ2) is 6.83. The van der Waals surface area contributed by atoms with E-state index in [0.717, 1.165) is 18.2 Å². The highest BCUT2D eigenvalue weighted by molar-refractivity contribution is 5.89. The molecular formula is C13H15F3N4O2. The van der Waals surface area contributed by atoms with E-state index in [4.69, 9.17) is 15.9 Å². The summed E-state index contributed by atoms with van der Waals surface area (Å²) >= 11 is 0. The van der Waals surface area contributed by atoms with Crippen molar-refractivity contribution >= 4 is 17.6 Å². The van der Waals surface area contributed by atoms with Gasteiger partial charge in [-0.05, 0) is 25.1 Å². The summed E-state index contributed by atoms with van der Waals surface area (Å²) in [5.41, 5.74) is 4.64. The molecule has 0 radical (unpaired) electrons. The van der Waals surface area contributed by atoms with Crippen LogP contribution in [0.4, 0.5) is 23.7 Å². The zero-order valence-electron chi connectivity index (χ0n) is 11.8. The maximum absolute atomic E-state index is 12.5. The Kier molecular flexibility index (Phi) is 5.39. The third kappa shape index (κ3) is 5.00. The predicted octanol–water partition coefficient (Wildman–Crippen LogP) is 2.48. The lowest BCUT2D eigenvalue weighted by Crippen LogP contribution is -2.31. The van der Waals surface area contributed by atoms with Crippen LogP contribution in [0.1, 0.15) is 12.5 Å². The smallest absolute Gasteiger partial charge is 0.416 e. The molecular weight excluding hydrogens is 301 g/mol. The summed E-state index contributed by atoms with van der Waals surface area (Å²) in [6.45, 7) is 1.52. The van der Waals surface area contributed by atoms with Gasteiger partial charge in [0, 0.05) is 18.8 Å². The number of halogens is 3. The summed E-state index contributed by atoms with van der Waals surface area (Å²) in [7, 11) is 1.42. The van der Waals surface area contributed by atoms with Gasteiger partial charge in [0.05, 0.1) is 11.3 Å². The number of ether oxygens (including phenoxy) is 1. The minimum Gasteiger partial charge on any atom is -0.437 e. The molecule has 120 valence electrons. The number of amides is 2. The van der Waals surface area contributed by atoms with Gasteiger partial charge in [0.2, 0.25) is 5.90 Å². The van der Waals surface area contributed by atoms with Gasteiger partial charge in [-0.2, -0.15) is 13.2 Å². The van der Waals surface area contributed by atoms with E-state index in [1.165, 1.54) is 20.0 Å². The maximum Gasteiger partial charge on any atom is 0.416 e. The van der Waals surface area contributed by atoms with Crippen molar-refractivity contribution in [2.24, 2.45) is 0 Å². The molecule has 0 saturated carbocycles. The molecule has 0 aliphatic carbocycles. The minimum atomic E-state index is -4.51. The minimum absolute atomic E-state index is 0.0815. The normalized spacial score (nSPS) is 11.8. The van der Waals surface area contributed by atoms with Crippen LogP contribution in [0.3, 0.4) is 0 Å². The van der Waals surface area contributed by atoms with E-state index < -0.39 is 17.8 Å². The molecule has 0 heterocycles. The number of nitrogens with two attached hydrogens (primary N) is 1. The number of hydrogen-bond donors (Lipinski definition) is 4. The van der Waals surface area contributed by atoms with Crippen LogP contribution in [-0.2, 0) is 6.18 Å². The average Bonchev–Trinajstić information content (AvgIpc) is 2.39. The molecule has 5 N–H and O–H groups in total. The summed E-state index contributed by atoms with van der Waals surface area (Å²) in [6.07, 6.45) is -3.32. The van der Waals surface area contributed by atoms with Crippen LogP contribution in [0.5, 0.6) is 5.75 Å². The molecule has 1 aromatic rings.